The molecule has 106 valence electrons. The van der Waals surface area contributed by atoms with Crippen LogP contribution in [0.4, 0.5) is 0 Å². The third-order valence-electron chi connectivity index (χ3n) is 3.66. The van der Waals surface area contributed by atoms with E-state index in [9.17, 15) is 13.5 Å². The van der Waals surface area contributed by atoms with Crippen molar-refractivity contribution in [3.05, 3.63) is 29.8 Å². The number of hydrogen-bond donors (Lipinski definition) is 1. The fourth-order valence-corrected chi connectivity index (χ4v) is 4.56. The van der Waals surface area contributed by atoms with Gasteiger partial charge in [0.1, 0.15) is 5.75 Å². The van der Waals surface area contributed by atoms with Crippen molar-refractivity contribution in [2.75, 3.05) is 12.9 Å². The van der Waals surface area contributed by atoms with E-state index >= 15 is 0 Å². The number of rotatable bonds is 4. The Morgan fingerprint density at radius 3 is 2.58 bits per heavy atom. The van der Waals surface area contributed by atoms with E-state index in [1.165, 1.54) is 0 Å². The first-order valence-corrected chi connectivity index (χ1v) is 8.27. The SMILES string of the molecule is COc1ccc(CC(O)C2CCCCS2(=O)=O)cc1. The molecule has 1 fully saturated rings. The van der Waals surface area contributed by atoms with Crippen molar-refractivity contribution in [3.8, 4) is 5.75 Å². The minimum Gasteiger partial charge on any atom is -0.497 e. The molecule has 1 saturated heterocycles. The zero-order chi connectivity index (χ0) is 13.9. The fraction of sp³-hybridized carbons (Fsp3) is 0.571. The third kappa shape index (κ3) is 3.48. The number of benzene rings is 1. The van der Waals surface area contributed by atoms with Crippen LogP contribution in [0.15, 0.2) is 24.3 Å². The average Bonchev–Trinajstić information content (AvgIpc) is 2.39. The molecule has 5 heteroatoms. The van der Waals surface area contributed by atoms with Crippen molar-refractivity contribution in [1.29, 1.82) is 0 Å². The minimum absolute atomic E-state index is 0.206. The Morgan fingerprint density at radius 2 is 2.00 bits per heavy atom. The molecule has 2 unspecified atom stereocenters. The van der Waals surface area contributed by atoms with Gasteiger partial charge >= 0.3 is 0 Å². The van der Waals surface area contributed by atoms with Crippen molar-refractivity contribution in [1.82, 2.24) is 0 Å². The van der Waals surface area contributed by atoms with E-state index in [1.807, 2.05) is 24.3 Å². The lowest BCUT2D eigenvalue weighted by atomic mass is 10.0. The predicted octanol–water partition coefficient (Wildman–Crippen LogP) is 1.57. The Bertz CT molecular complexity index is 507. The highest BCUT2D eigenvalue weighted by Gasteiger charge is 2.34. The van der Waals surface area contributed by atoms with Crippen LogP contribution in [0.2, 0.25) is 0 Å². The summed E-state index contributed by atoms with van der Waals surface area (Å²) in [6.07, 6.45) is 1.71. The first kappa shape index (κ1) is 14.3. The van der Waals surface area contributed by atoms with Gasteiger partial charge in [-0.25, -0.2) is 8.42 Å². The van der Waals surface area contributed by atoms with Crippen LogP contribution in [0.5, 0.6) is 5.75 Å². The quantitative estimate of drug-likeness (QED) is 0.911. The Balaban J connectivity index is 2.05. The number of aliphatic hydroxyl groups excluding tert-OH is 1. The van der Waals surface area contributed by atoms with E-state index in [2.05, 4.69) is 0 Å². The van der Waals surface area contributed by atoms with Gasteiger partial charge < -0.3 is 9.84 Å². The largest absolute Gasteiger partial charge is 0.497 e. The number of methoxy groups -OCH3 is 1. The molecule has 2 atom stereocenters. The van der Waals surface area contributed by atoms with Crippen LogP contribution < -0.4 is 4.74 Å². The van der Waals surface area contributed by atoms with E-state index in [4.69, 9.17) is 4.74 Å². The van der Waals surface area contributed by atoms with Crippen LogP contribution in [0.1, 0.15) is 24.8 Å². The summed E-state index contributed by atoms with van der Waals surface area (Å²) in [6, 6.07) is 7.35. The van der Waals surface area contributed by atoms with E-state index in [0.29, 0.717) is 19.3 Å². The van der Waals surface area contributed by atoms with Crippen LogP contribution in [0, 0.1) is 0 Å². The summed E-state index contributed by atoms with van der Waals surface area (Å²) in [6.45, 7) is 0. The van der Waals surface area contributed by atoms with Crippen molar-refractivity contribution in [3.63, 3.8) is 0 Å². The number of ether oxygens (including phenoxy) is 1. The van der Waals surface area contributed by atoms with Gasteiger partial charge in [-0.05, 0) is 37.0 Å². The van der Waals surface area contributed by atoms with Gasteiger partial charge in [0.2, 0.25) is 0 Å². The van der Waals surface area contributed by atoms with E-state index in [0.717, 1.165) is 17.7 Å². The normalized spacial score (nSPS) is 23.8. The molecule has 0 bridgehead atoms. The lowest BCUT2D eigenvalue weighted by molar-refractivity contribution is 0.162. The first-order chi connectivity index (χ1) is 9.03. The van der Waals surface area contributed by atoms with Crippen molar-refractivity contribution >= 4 is 9.84 Å². The molecule has 0 saturated carbocycles. The predicted molar refractivity (Wildman–Crippen MR) is 74.1 cm³/mol. The molecule has 0 spiro atoms. The summed E-state index contributed by atoms with van der Waals surface area (Å²) >= 11 is 0. The molecule has 1 aliphatic heterocycles. The first-order valence-electron chi connectivity index (χ1n) is 6.55. The maximum atomic E-state index is 11.9. The molecule has 1 N–H and O–H groups in total. The molecule has 0 aromatic heterocycles. The maximum absolute atomic E-state index is 11.9. The number of hydrogen-bond acceptors (Lipinski definition) is 4. The van der Waals surface area contributed by atoms with Gasteiger partial charge in [-0.3, -0.25) is 0 Å². The van der Waals surface area contributed by atoms with Crippen molar-refractivity contribution in [2.45, 2.75) is 37.0 Å². The Morgan fingerprint density at radius 1 is 1.32 bits per heavy atom. The molecule has 4 nitrogen and oxygen atoms in total. The topological polar surface area (TPSA) is 63.6 Å². The lowest BCUT2D eigenvalue weighted by Gasteiger charge is -2.26. The van der Waals surface area contributed by atoms with Gasteiger partial charge in [-0.2, -0.15) is 0 Å². The van der Waals surface area contributed by atoms with Crippen molar-refractivity contribution in [2.24, 2.45) is 0 Å². The molecule has 19 heavy (non-hydrogen) atoms. The Labute approximate surface area is 114 Å². The van der Waals surface area contributed by atoms with Crippen LogP contribution in [0.25, 0.3) is 0 Å². The van der Waals surface area contributed by atoms with Crippen LogP contribution in [-0.4, -0.2) is 37.7 Å². The number of aliphatic hydroxyl groups is 1. The summed E-state index contributed by atoms with van der Waals surface area (Å²) in [4.78, 5) is 0. The van der Waals surface area contributed by atoms with E-state index in [-0.39, 0.29) is 5.75 Å². The van der Waals surface area contributed by atoms with Crippen LogP contribution >= 0.6 is 0 Å². The van der Waals surface area contributed by atoms with Gasteiger partial charge in [-0.1, -0.05) is 18.6 Å². The fourth-order valence-electron chi connectivity index (χ4n) is 2.55. The summed E-state index contributed by atoms with van der Waals surface area (Å²) in [5.74, 6) is 0.959. The second-order valence-electron chi connectivity index (χ2n) is 5.02. The standard InChI is InChI=1S/C14H20O4S/c1-18-12-7-5-11(6-8-12)10-13(15)14-4-2-3-9-19(14,16)17/h5-8,13-15H,2-4,9-10H2,1H3. The van der Waals surface area contributed by atoms with Gasteiger partial charge in [-0.15, -0.1) is 0 Å². The molecule has 2 rings (SSSR count). The highest BCUT2D eigenvalue weighted by molar-refractivity contribution is 7.92. The molecular formula is C14H20O4S. The average molecular weight is 284 g/mol. The zero-order valence-corrected chi connectivity index (χ0v) is 11.9. The number of sulfone groups is 1. The molecule has 1 heterocycles. The molecule has 1 aromatic carbocycles. The molecule has 0 amide bonds. The molecule has 1 aliphatic rings. The Kier molecular flexibility index (Phi) is 4.47. The van der Waals surface area contributed by atoms with Gasteiger partial charge in [0.15, 0.2) is 9.84 Å². The van der Waals surface area contributed by atoms with E-state index < -0.39 is 21.2 Å². The van der Waals surface area contributed by atoms with Gasteiger partial charge in [0.05, 0.1) is 24.2 Å². The zero-order valence-electron chi connectivity index (χ0n) is 11.1. The Hall–Kier alpha value is -1.07. The molecule has 0 radical (unpaired) electrons. The van der Waals surface area contributed by atoms with Gasteiger partial charge in [0.25, 0.3) is 0 Å². The van der Waals surface area contributed by atoms with E-state index in [1.54, 1.807) is 7.11 Å². The second-order valence-corrected chi connectivity index (χ2v) is 7.36. The van der Waals surface area contributed by atoms with Crippen LogP contribution in [0.3, 0.4) is 0 Å². The maximum Gasteiger partial charge on any atom is 0.155 e. The molecular weight excluding hydrogens is 264 g/mol. The highest BCUT2D eigenvalue weighted by Crippen LogP contribution is 2.24. The molecule has 1 aromatic rings. The smallest absolute Gasteiger partial charge is 0.155 e. The summed E-state index contributed by atoms with van der Waals surface area (Å²) in [5.41, 5.74) is 0.925. The summed E-state index contributed by atoms with van der Waals surface area (Å²) in [5, 5.41) is 9.57. The lowest BCUT2D eigenvalue weighted by Crippen LogP contribution is -2.39. The molecule has 0 aliphatic carbocycles. The summed E-state index contributed by atoms with van der Waals surface area (Å²) < 4.78 is 28.9. The second kappa shape index (κ2) is 5.92. The minimum atomic E-state index is -3.13. The van der Waals surface area contributed by atoms with Gasteiger partial charge in [0, 0.05) is 0 Å². The summed E-state index contributed by atoms with van der Waals surface area (Å²) in [7, 11) is -1.53. The van der Waals surface area contributed by atoms with Crippen molar-refractivity contribution < 1.29 is 18.3 Å². The highest BCUT2D eigenvalue weighted by atomic mass is 32.2. The monoisotopic (exact) mass is 284 g/mol. The third-order valence-corrected chi connectivity index (χ3v) is 5.99. The van der Waals surface area contributed by atoms with Crippen LogP contribution in [-0.2, 0) is 16.3 Å².